The number of carboxylic acids is 1. The monoisotopic (exact) mass is 561 g/mol. The van der Waals surface area contributed by atoms with Crippen LogP contribution in [-0.4, -0.2) is 48.6 Å². The van der Waals surface area contributed by atoms with Crippen LogP contribution in [0, 0.1) is 11.6 Å². The number of halogens is 2. The Kier molecular flexibility index (Phi) is 7.48. The Balaban J connectivity index is 1.36. The van der Waals surface area contributed by atoms with E-state index in [0.29, 0.717) is 11.5 Å². The molecule has 0 aromatic heterocycles. The van der Waals surface area contributed by atoms with Crippen molar-refractivity contribution in [2.75, 3.05) is 13.2 Å². The zero-order chi connectivity index (χ0) is 29.5. The number of alkyl carbamates (subject to hydrolysis) is 1. The Morgan fingerprint density at radius 1 is 0.951 bits per heavy atom. The third kappa shape index (κ3) is 5.49. The van der Waals surface area contributed by atoms with E-state index in [0.717, 1.165) is 28.3 Å². The van der Waals surface area contributed by atoms with Gasteiger partial charge in [-0.1, -0.05) is 54.6 Å². The van der Waals surface area contributed by atoms with Crippen molar-refractivity contribution in [3.63, 3.8) is 0 Å². The molecule has 5 rings (SSSR count). The molecule has 1 heterocycles. The highest BCUT2D eigenvalue weighted by Gasteiger charge is 2.52. The van der Waals surface area contributed by atoms with Crippen molar-refractivity contribution in [3.8, 4) is 11.1 Å². The van der Waals surface area contributed by atoms with Gasteiger partial charge in [0.2, 0.25) is 0 Å². The lowest BCUT2D eigenvalue weighted by Crippen LogP contribution is -2.41. The molecule has 1 fully saturated rings. The number of ether oxygens (including phenoxy) is 1. The zero-order valence-electron chi connectivity index (χ0n) is 23.2. The summed E-state index contributed by atoms with van der Waals surface area (Å²) in [7, 11) is -0.997. The third-order valence-electron chi connectivity index (χ3n) is 8.00. The van der Waals surface area contributed by atoms with Gasteiger partial charge in [-0.05, 0) is 73.1 Å². The highest BCUT2D eigenvalue weighted by Crippen LogP contribution is 2.44. The fourth-order valence-corrected chi connectivity index (χ4v) is 5.09. The van der Waals surface area contributed by atoms with Gasteiger partial charge >= 0.3 is 19.2 Å². The Morgan fingerprint density at radius 3 is 2.05 bits per heavy atom. The predicted molar refractivity (Wildman–Crippen MR) is 150 cm³/mol. The second-order valence-electron chi connectivity index (χ2n) is 11.1. The second kappa shape index (κ2) is 10.8. The number of rotatable bonds is 7. The van der Waals surface area contributed by atoms with Crippen molar-refractivity contribution < 1.29 is 37.5 Å². The van der Waals surface area contributed by atoms with Crippen LogP contribution in [0.3, 0.4) is 0 Å². The van der Waals surface area contributed by atoms with E-state index in [-0.39, 0.29) is 24.6 Å². The number of carbonyl (C=O) groups excluding carboxylic acids is 1. The van der Waals surface area contributed by atoms with Crippen molar-refractivity contribution in [2.24, 2.45) is 0 Å². The SMILES string of the molecule is CC1(C)OB(C(=Cc2cc(F)c(F)cc2C(=O)O)CNC(=O)OCC2c3ccccc3-c3ccccc32)OC1(C)C. The Bertz CT molecular complexity index is 1490. The number of aromatic carboxylic acids is 1. The molecule has 0 atom stereocenters. The molecule has 1 aliphatic heterocycles. The van der Waals surface area contributed by atoms with Gasteiger partial charge in [-0.3, -0.25) is 0 Å². The van der Waals surface area contributed by atoms with Crippen LogP contribution in [0.25, 0.3) is 17.2 Å². The van der Waals surface area contributed by atoms with Crippen molar-refractivity contribution in [1.82, 2.24) is 5.32 Å². The highest BCUT2D eigenvalue weighted by atomic mass is 19.2. The van der Waals surface area contributed by atoms with Gasteiger partial charge in [0.25, 0.3) is 0 Å². The van der Waals surface area contributed by atoms with Gasteiger partial charge < -0.3 is 24.5 Å². The summed E-state index contributed by atoms with van der Waals surface area (Å²) in [6.45, 7) is 7.29. The van der Waals surface area contributed by atoms with Gasteiger partial charge in [-0.15, -0.1) is 0 Å². The number of hydrogen-bond donors (Lipinski definition) is 2. The minimum Gasteiger partial charge on any atom is -0.478 e. The molecule has 0 saturated carbocycles. The minimum absolute atomic E-state index is 0.0989. The maximum atomic E-state index is 14.1. The van der Waals surface area contributed by atoms with E-state index in [1.54, 1.807) is 0 Å². The summed E-state index contributed by atoms with van der Waals surface area (Å²) in [5.74, 6) is -4.06. The second-order valence-corrected chi connectivity index (χ2v) is 11.1. The van der Waals surface area contributed by atoms with E-state index in [1.165, 1.54) is 6.08 Å². The zero-order valence-corrected chi connectivity index (χ0v) is 23.2. The van der Waals surface area contributed by atoms with E-state index >= 15 is 0 Å². The Hall–Kier alpha value is -4.02. The van der Waals surface area contributed by atoms with Gasteiger partial charge in [-0.25, -0.2) is 18.4 Å². The molecule has 41 heavy (non-hydrogen) atoms. The van der Waals surface area contributed by atoms with Crippen molar-refractivity contribution in [2.45, 2.75) is 44.8 Å². The van der Waals surface area contributed by atoms with Gasteiger partial charge in [0, 0.05) is 12.5 Å². The van der Waals surface area contributed by atoms with E-state index < -0.39 is 47.6 Å². The minimum atomic E-state index is -1.44. The first-order chi connectivity index (χ1) is 19.4. The summed E-state index contributed by atoms with van der Waals surface area (Å²) < 4.78 is 45.8. The van der Waals surface area contributed by atoms with Gasteiger partial charge in [-0.2, -0.15) is 0 Å². The summed E-state index contributed by atoms with van der Waals surface area (Å²) in [6.07, 6.45) is 0.621. The molecule has 2 aliphatic rings. The number of amides is 1. The number of fused-ring (bicyclic) bond motifs is 3. The van der Waals surface area contributed by atoms with Gasteiger partial charge in [0.05, 0.1) is 16.8 Å². The van der Waals surface area contributed by atoms with Crippen molar-refractivity contribution in [3.05, 3.63) is 100 Å². The maximum Gasteiger partial charge on any atom is 0.492 e. The van der Waals surface area contributed by atoms with Crippen LogP contribution in [0.1, 0.15) is 60.7 Å². The van der Waals surface area contributed by atoms with Crippen LogP contribution in [-0.2, 0) is 14.0 Å². The van der Waals surface area contributed by atoms with Crippen LogP contribution in [0.15, 0.2) is 66.1 Å². The molecular weight excluding hydrogens is 531 g/mol. The van der Waals surface area contributed by atoms with Crippen molar-refractivity contribution in [1.29, 1.82) is 0 Å². The third-order valence-corrected chi connectivity index (χ3v) is 8.00. The summed E-state index contributed by atoms with van der Waals surface area (Å²) in [6, 6.07) is 17.4. The first kappa shape index (κ1) is 28.5. The van der Waals surface area contributed by atoms with Gasteiger partial charge in [0.1, 0.15) is 6.61 Å². The molecule has 0 bridgehead atoms. The lowest BCUT2D eigenvalue weighted by atomic mass is 9.76. The molecule has 3 aromatic carbocycles. The quantitative estimate of drug-likeness (QED) is 0.333. The number of hydrogen-bond acceptors (Lipinski definition) is 5. The topological polar surface area (TPSA) is 94.1 Å². The molecule has 10 heteroatoms. The largest absolute Gasteiger partial charge is 0.492 e. The number of carboxylic acid groups (broad SMARTS) is 1. The van der Waals surface area contributed by atoms with E-state index in [4.69, 9.17) is 14.0 Å². The normalized spacial score (nSPS) is 17.2. The van der Waals surface area contributed by atoms with Crippen molar-refractivity contribution >= 4 is 25.3 Å². The lowest BCUT2D eigenvalue weighted by molar-refractivity contribution is 0.00578. The fourth-order valence-electron chi connectivity index (χ4n) is 5.09. The molecule has 0 unspecified atom stereocenters. The molecule has 0 radical (unpaired) electrons. The highest BCUT2D eigenvalue weighted by molar-refractivity contribution is 6.56. The standard InChI is InChI=1S/C31H30BF2NO6/c1-30(2)31(3,4)41-32(40-30)19(13-18-14-26(33)27(34)15-24(18)28(36)37)16-35-29(38)39-17-25-22-11-7-5-9-20(22)21-10-6-8-12-23(21)25/h5-15,25H,16-17H2,1-4H3,(H,35,38)(H,36,37). The summed E-state index contributed by atoms with van der Waals surface area (Å²) in [4.78, 5) is 24.7. The van der Waals surface area contributed by atoms with Crippen LogP contribution in [0.2, 0.25) is 0 Å². The molecular formula is C31H30BF2NO6. The molecule has 212 valence electrons. The molecule has 7 nitrogen and oxygen atoms in total. The average Bonchev–Trinajstić information content (AvgIpc) is 3.35. The summed E-state index contributed by atoms with van der Waals surface area (Å²) in [5.41, 5.74) is 2.60. The van der Waals surface area contributed by atoms with E-state index in [1.807, 2.05) is 76.2 Å². The van der Waals surface area contributed by atoms with E-state index in [9.17, 15) is 23.5 Å². The van der Waals surface area contributed by atoms with Crippen LogP contribution >= 0.6 is 0 Å². The Morgan fingerprint density at radius 2 is 1.49 bits per heavy atom. The Labute approximate surface area is 237 Å². The number of carbonyl (C=O) groups is 2. The van der Waals surface area contributed by atoms with Crippen LogP contribution in [0.4, 0.5) is 13.6 Å². The molecule has 2 N–H and O–H groups in total. The predicted octanol–water partition coefficient (Wildman–Crippen LogP) is 6.22. The lowest BCUT2D eigenvalue weighted by Gasteiger charge is -2.32. The average molecular weight is 561 g/mol. The summed E-state index contributed by atoms with van der Waals surface area (Å²) >= 11 is 0. The molecule has 1 saturated heterocycles. The smallest absolute Gasteiger partial charge is 0.478 e. The molecule has 1 aliphatic carbocycles. The van der Waals surface area contributed by atoms with E-state index in [2.05, 4.69) is 5.32 Å². The number of benzene rings is 3. The first-order valence-electron chi connectivity index (χ1n) is 13.3. The summed E-state index contributed by atoms with van der Waals surface area (Å²) in [5, 5.41) is 12.3. The molecule has 1 amide bonds. The molecule has 3 aromatic rings. The number of nitrogens with one attached hydrogen (secondary N) is 1. The first-order valence-corrected chi connectivity index (χ1v) is 13.3. The van der Waals surface area contributed by atoms with Crippen LogP contribution < -0.4 is 5.32 Å². The van der Waals surface area contributed by atoms with Crippen LogP contribution in [0.5, 0.6) is 0 Å². The maximum absolute atomic E-state index is 14.1. The van der Waals surface area contributed by atoms with Gasteiger partial charge in [0.15, 0.2) is 11.6 Å². The fraction of sp³-hybridized carbons (Fsp3) is 0.290. The molecule has 0 spiro atoms.